The minimum atomic E-state index is -0.141. The number of nitrogens with zero attached hydrogens (tertiary/aromatic N) is 1. The first-order valence-electron chi connectivity index (χ1n) is 6.18. The topological polar surface area (TPSA) is 59.0 Å². The van der Waals surface area contributed by atoms with Gasteiger partial charge in [0, 0.05) is 7.11 Å². The third-order valence-electron chi connectivity index (χ3n) is 2.89. The normalized spacial score (nSPS) is 16.9. The summed E-state index contributed by atoms with van der Waals surface area (Å²) in [6.07, 6.45) is 1.70. The van der Waals surface area contributed by atoms with Gasteiger partial charge >= 0.3 is 0 Å². The number of hydrogen-bond donors (Lipinski definition) is 1. The van der Waals surface area contributed by atoms with Crippen molar-refractivity contribution in [2.24, 2.45) is 0 Å². The molecule has 0 unspecified atom stereocenters. The molecule has 0 atom stereocenters. The monoisotopic (exact) mass is 325 g/mol. The zero-order valence-corrected chi connectivity index (χ0v) is 13.3. The molecule has 2 rings (SSSR count). The number of amides is 1. The average molecular weight is 325 g/mol. The third-order valence-corrected chi connectivity index (χ3v) is 4.27. The van der Waals surface area contributed by atoms with Crippen LogP contribution in [0, 0.1) is 0 Å². The summed E-state index contributed by atoms with van der Waals surface area (Å²) >= 11 is 6.44. The van der Waals surface area contributed by atoms with E-state index in [1.807, 2.05) is 0 Å². The zero-order chi connectivity index (χ0) is 15.4. The summed E-state index contributed by atoms with van der Waals surface area (Å²) in [6.45, 7) is 0.870. The van der Waals surface area contributed by atoms with E-state index in [-0.39, 0.29) is 11.7 Å². The van der Waals surface area contributed by atoms with Gasteiger partial charge in [-0.05, 0) is 23.8 Å². The number of phenolic OH excluding ortho intramolecular Hbond substituents is 1. The first-order chi connectivity index (χ1) is 10.1. The lowest BCUT2D eigenvalue weighted by atomic mass is 10.2. The fourth-order valence-electron chi connectivity index (χ4n) is 1.82. The van der Waals surface area contributed by atoms with Gasteiger partial charge in [0.2, 0.25) is 0 Å². The van der Waals surface area contributed by atoms with Crippen LogP contribution in [0.3, 0.4) is 0 Å². The van der Waals surface area contributed by atoms with Crippen LogP contribution in [0.1, 0.15) is 5.56 Å². The molecule has 0 spiro atoms. The second kappa shape index (κ2) is 6.93. The van der Waals surface area contributed by atoms with Gasteiger partial charge in [0.15, 0.2) is 11.5 Å². The maximum atomic E-state index is 12.2. The SMILES string of the molecule is COCCN1C(=O)C(=Cc2ccc(OC)c(O)c2)SC1=S. The minimum absolute atomic E-state index is 0.0288. The Labute approximate surface area is 132 Å². The van der Waals surface area contributed by atoms with Gasteiger partial charge in [-0.3, -0.25) is 9.69 Å². The molecule has 1 saturated heterocycles. The summed E-state index contributed by atoms with van der Waals surface area (Å²) in [6, 6.07) is 4.95. The molecule has 1 heterocycles. The molecule has 1 aromatic rings. The molecule has 0 aliphatic carbocycles. The molecular weight excluding hydrogens is 310 g/mol. The maximum Gasteiger partial charge on any atom is 0.266 e. The van der Waals surface area contributed by atoms with E-state index in [1.165, 1.54) is 23.8 Å². The highest BCUT2D eigenvalue weighted by molar-refractivity contribution is 8.26. The van der Waals surface area contributed by atoms with Gasteiger partial charge in [0.05, 0.1) is 25.2 Å². The Morgan fingerprint density at radius 2 is 2.19 bits per heavy atom. The highest BCUT2D eigenvalue weighted by Crippen LogP contribution is 2.34. The number of phenols is 1. The van der Waals surface area contributed by atoms with Crippen molar-refractivity contribution in [2.75, 3.05) is 27.4 Å². The Bertz CT molecular complexity index is 601. The van der Waals surface area contributed by atoms with Crippen molar-refractivity contribution in [3.63, 3.8) is 0 Å². The van der Waals surface area contributed by atoms with Crippen LogP contribution < -0.4 is 4.74 Å². The number of carbonyl (C=O) groups is 1. The van der Waals surface area contributed by atoms with Crippen LogP contribution in [0.25, 0.3) is 6.08 Å². The summed E-state index contributed by atoms with van der Waals surface area (Å²) in [5.74, 6) is 0.276. The Balaban J connectivity index is 2.20. The first kappa shape index (κ1) is 15.8. The molecular formula is C14H15NO4S2. The number of methoxy groups -OCH3 is 2. The Hall–Kier alpha value is -1.57. The van der Waals surface area contributed by atoms with Crippen molar-refractivity contribution in [3.8, 4) is 11.5 Å². The van der Waals surface area contributed by atoms with E-state index in [4.69, 9.17) is 21.7 Å². The van der Waals surface area contributed by atoms with Gasteiger partial charge in [0.1, 0.15) is 4.32 Å². The second-order valence-electron chi connectivity index (χ2n) is 4.26. The van der Waals surface area contributed by atoms with Gasteiger partial charge < -0.3 is 14.6 Å². The zero-order valence-electron chi connectivity index (χ0n) is 11.7. The van der Waals surface area contributed by atoms with Crippen molar-refractivity contribution in [3.05, 3.63) is 28.7 Å². The second-order valence-corrected chi connectivity index (χ2v) is 5.93. The molecule has 1 N–H and O–H groups in total. The molecule has 1 aromatic carbocycles. The van der Waals surface area contributed by atoms with Crippen LogP contribution in [0.15, 0.2) is 23.1 Å². The summed E-state index contributed by atoms with van der Waals surface area (Å²) in [5, 5.41) is 9.75. The van der Waals surface area contributed by atoms with Gasteiger partial charge in [-0.25, -0.2) is 0 Å². The first-order valence-corrected chi connectivity index (χ1v) is 7.40. The smallest absolute Gasteiger partial charge is 0.266 e. The molecule has 0 radical (unpaired) electrons. The van der Waals surface area contributed by atoms with Gasteiger partial charge in [-0.15, -0.1) is 0 Å². The number of aromatic hydroxyl groups is 1. The van der Waals surface area contributed by atoms with Gasteiger partial charge in [-0.2, -0.15) is 0 Å². The molecule has 1 fully saturated rings. The number of benzene rings is 1. The predicted octanol–water partition coefficient (Wildman–Crippen LogP) is 2.25. The third kappa shape index (κ3) is 3.55. The van der Waals surface area contributed by atoms with Crippen molar-refractivity contribution < 1.29 is 19.4 Å². The lowest BCUT2D eigenvalue weighted by molar-refractivity contribution is -0.122. The van der Waals surface area contributed by atoms with E-state index in [2.05, 4.69) is 0 Å². The lowest BCUT2D eigenvalue weighted by Gasteiger charge is -2.12. The standard InChI is InChI=1S/C14H15NO4S2/c1-18-6-5-15-13(17)12(21-14(15)20)8-9-3-4-11(19-2)10(16)7-9/h3-4,7-8,16H,5-6H2,1-2H3. The number of thiocarbonyl (C=S) groups is 1. The van der Waals surface area contributed by atoms with Crippen molar-refractivity contribution in [1.82, 2.24) is 4.90 Å². The summed E-state index contributed by atoms with van der Waals surface area (Å²) in [4.78, 5) is 14.3. The summed E-state index contributed by atoms with van der Waals surface area (Å²) < 4.78 is 10.5. The highest BCUT2D eigenvalue weighted by Gasteiger charge is 2.31. The quantitative estimate of drug-likeness (QED) is 0.662. The molecule has 112 valence electrons. The molecule has 7 heteroatoms. The number of carbonyl (C=O) groups excluding carboxylic acids is 1. The fourth-order valence-corrected chi connectivity index (χ4v) is 3.13. The van der Waals surface area contributed by atoms with E-state index in [1.54, 1.807) is 31.4 Å². The van der Waals surface area contributed by atoms with Crippen LogP contribution in [-0.4, -0.2) is 47.6 Å². The van der Waals surface area contributed by atoms with Crippen molar-refractivity contribution in [1.29, 1.82) is 0 Å². The van der Waals surface area contributed by atoms with Crippen LogP contribution >= 0.6 is 24.0 Å². The predicted molar refractivity (Wildman–Crippen MR) is 86.4 cm³/mol. The molecule has 0 bridgehead atoms. The van der Waals surface area contributed by atoms with Crippen LogP contribution in [0.5, 0.6) is 11.5 Å². The maximum absolute atomic E-state index is 12.2. The van der Waals surface area contributed by atoms with Crippen LogP contribution in [0.4, 0.5) is 0 Å². The molecule has 1 aliphatic rings. The lowest BCUT2D eigenvalue weighted by Crippen LogP contribution is -2.31. The highest BCUT2D eigenvalue weighted by atomic mass is 32.2. The molecule has 1 aliphatic heterocycles. The van der Waals surface area contributed by atoms with Gasteiger partial charge in [0.25, 0.3) is 5.91 Å². The summed E-state index contributed by atoms with van der Waals surface area (Å²) in [7, 11) is 3.06. The Morgan fingerprint density at radius 3 is 2.81 bits per heavy atom. The fraction of sp³-hybridized carbons (Fsp3) is 0.286. The Kier molecular flexibility index (Phi) is 5.22. The van der Waals surface area contributed by atoms with Gasteiger partial charge in [-0.1, -0.05) is 30.0 Å². The number of rotatable bonds is 5. The van der Waals surface area contributed by atoms with E-state index >= 15 is 0 Å². The van der Waals surface area contributed by atoms with E-state index in [9.17, 15) is 9.90 Å². The van der Waals surface area contributed by atoms with Crippen LogP contribution in [0.2, 0.25) is 0 Å². The van der Waals surface area contributed by atoms with Crippen LogP contribution in [-0.2, 0) is 9.53 Å². The van der Waals surface area contributed by atoms with E-state index in [0.717, 1.165) is 0 Å². The number of hydrogen-bond acceptors (Lipinski definition) is 6. The molecule has 5 nitrogen and oxygen atoms in total. The number of ether oxygens (including phenoxy) is 2. The summed E-state index contributed by atoms with van der Waals surface area (Å²) in [5.41, 5.74) is 0.709. The minimum Gasteiger partial charge on any atom is -0.504 e. The Morgan fingerprint density at radius 1 is 1.43 bits per heavy atom. The molecule has 21 heavy (non-hydrogen) atoms. The van der Waals surface area contributed by atoms with E-state index < -0.39 is 0 Å². The average Bonchev–Trinajstić information content (AvgIpc) is 2.72. The largest absolute Gasteiger partial charge is 0.504 e. The molecule has 1 amide bonds. The van der Waals surface area contributed by atoms with E-state index in [0.29, 0.717) is 33.7 Å². The van der Waals surface area contributed by atoms with Crippen molar-refractivity contribution in [2.45, 2.75) is 0 Å². The molecule has 0 saturated carbocycles. The molecule has 0 aromatic heterocycles. The van der Waals surface area contributed by atoms with Crippen molar-refractivity contribution >= 4 is 40.3 Å². The number of thioether (sulfide) groups is 1.